The Morgan fingerprint density at radius 3 is 2.38 bits per heavy atom. The Morgan fingerprint density at radius 2 is 1.66 bits per heavy atom. The highest BCUT2D eigenvalue weighted by atomic mass is 32.2. The molecule has 2 aliphatic heterocycles. The Hall–Kier alpha value is -1.43. The highest BCUT2D eigenvalue weighted by molar-refractivity contribution is 8.03. The number of nitrogens with one attached hydrogen (secondary N) is 1. The lowest BCUT2D eigenvalue weighted by Crippen LogP contribution is -2.47. The van der Waals surface area contributed by atoms with Crippen molar-refractivity contribution < 1.29 is 4.79 Å². The normalized spacial score (nSPS) is 21.4. The fraction of sp³-hybridized carbons (Fsp3) is 0.458. The quantitative estimate of drug-likeness (QED) is 0.755. The van der Waals surface area contributed by atoms with Crippen LogP contribution >= 0.6 is 23.5 Å². The first-order valence-electron chi connectivity index (χ1n) is 10.6. The highest BCUT2D eigenvalue weighted by Crippen LogP contribution is 2.25. The van der Waals surface area contributed by atoms with Crippen LogP contribution in [0.25, 0.3) is 11.1 Å². The fourth-order valence-corrected chi connectivity index (χ4v) is 6.82. The molecular weight excluding hydrogens is 396 g/mol. The summed E-state index contributed by atoms with van der Waals surface area (Å²) in [6, 6.07) is 18.9. The minimum Gasteiger partial charge on any atom is -0.352 e. The van der Waals surface area contributed by atoms with Gasteiger partial charge in [0.1, 0.15) is 0 Å². The van der Waals surface area contributed by atoms with E-state index in [1.807, 2.05) is 42.5 Å². The molecule has 3 nitrogen and oxygen atoms in total. The standard InChI is InChI=1S/C24H30N2OS2/c27-24(22-10-8-21(9-11-22)20-6-2-1-3-7-20)25-15-19-5-4-12-26(16-19)23-17-28-13-14-29-18-23/h1-3,6-11,19,23H,4-5,12-18H2,(H,25,27). The van der Waals surface area contributed by atoms with Crippen LogP contribution < -0.4 is 5.32 Å². The first kappa shape index (κ1) is 20.8. The number of rotatable bonds is 5. The lowest BCUT2D eigenvalue weighted by molar-refractivity contribution is 0.0924. The van der Waals surface area contributed by atoms with Gasteiger partial charge in [-0.1, -0.05) is 42.5 Å². The number of nitrogens with zero attached hydrogens (tertiary/aromatic N) is 1. The summed E-state index contributed by atoms with van der Waals surface area (Å²) in [7, 11) is 0. The minimum absolute atomic E-state index is 0.0438. The van der Waals surface area contributed by atoms with Gasteiger partial charge in [-0.05, 0) is 48.6 Å². The molecule has 29 heavy (non-hydrogen) atoms. The molecule has 0 aromatic heterocycles. The van der Waals surface area contributed by atoms with Gasteiger partial charge >= 0.3 is 0 Å². The maximum atomic E-state index is 12.6. The number of benzene rings is 2. The van der Waals surface area contributed by atoms with Crippen LogP contribution in [0.5, 0.6) is 0 Å². The zero-order valence-electron chi connectivity index (χ0n) is 16.9. The van der Waals surface area contributed by atoms with Gasteiger partial charge in [-0.25, -0.2) is 0 Å². The van der Waals surface area contributed by atoms with Gasteiger partial charge in [0.05, 0.1) is 0 Å². The van der Waals surface area contributed by atoms with Crippen LogP contribution in [-0.4, -0.2) is 59.5 Å². The predicted octanol–water partition coefficient (Wildman–Crippen LogP) is 4.64. The molecule has 1 unspecified atom stereocenters. The smallest absolute Gasteiger partial charge is 0.251 e. The third kappa shape index (κ3) is 5.80. The van der Waals surface area contributed by atoms with Gasteiger partial charge in [0.25, 0.3) is 5.91 Å². The van der Waals surface area contributed by atoms with Crippen molar-refractivity contribution in [2.45, 2.75) is 18.9 Å². The van der Waals surface area contributed by atoms with Crippen LogP contribution in [0.1, 0.15) is 23.2 Å². The Balaban J connectivity index is 1.28. The second-order valence-electron chi connectivity index (χ2n) is 7.96. The zero-order chi connectivity index (χ0) is 19.9. The van der Waals surface area contributed by atoms with Crippen LogP contribution in [0.4, 0.5) is 0 Å². The van der Waals surface area contributed by atoms with Crippen LogP contribution in [0.3, 0.4) is 0 Å². The van der Waals surface area contributed by atoms with E-state index in [1.54, 1.807) is 0 Å². The van der Waals surface area contributed by atoms with Crippen LogP contribution in [0.15, 0.2) is 54.6 Å². The molecule has 1 atom stereocenters. The average molecular weight is 427 g/mol. The number of amides is 1. The van der Waals surface area contributed by atoms with Crippen LogP contribution in [-0.2, 0) is 0 Å². The molecule has 2 aromatic rings. The minimum atomic E-state index is 0.0438. The molecule has 0 bridgehead atoms. The summed E-state index contributed by atoms with van der Waals surface area (Å²) in [5.74, 6) is 5.71. The molecule has 2 fully saturated rings. The summed E-state index contributed by atoms with van der Waals surface area (Å²) < 4.78 is 0. The van der Waals surface area contributed by atoms with Crippen molar-refractivity contribution in [3.8, 4) is 11.1 Å². The Labute approximate surface area is 183 Å². The molecule has 1 N–H and O–H groups in total. The van der Waals surface area contributed by atoms with Crippen molar-refractivity contribution in [2.75, 3.05) is 42.6 Å². The van der Waals surface area contributed by atoms with E-state index in [-0.39, 0.29) is 5.91 Å². The number of thioether (sulfide) groups is 2. The number of likely N-dealkylation sites (tertiary alicyclic amines) is 1. The van der Waals surface area contributed by atoms with E-state index < -0.39 is 0 Å². The van der Waals surface area contributed by atoms with E-state index in [4.69, 9.17) is 0 Å². The molecule has 2 saturated heterocycles. The molecular formula is C24H30N2OS2. The maximum Gasteiger partial charge on any atom is 0.251 e. The number of carbonyl (C=O) groups is 1. The van der Waals surface area contributed by atoms with Gasteiger partial charge in [-0.3, -0.25) is 9.69 Å². The van der Waals surface area contributed by atoms with E-state index in [1.165, 1.54) is 48.0 Å². The summed E-state index contributed by atoms with van der Waals surface area (Å²) in [6.45, 7) is 3.12. The second kappa shape index (κ2) is 10.6. The van der Waals surface area contributed by atoms with Crippen molar-refractivity contribution in [3.05, 3.63) is 60.2 Å². The Morgan fingerprint density at radius 1 is 0.966 bits per heavy atom. The Bertz CT molecular complexity index is 773. The number of hydrogen-bond acceptors (Lipinski definition) is 4. The lowest BCUT2D eigenvalue weighted by atomic mass is 9.96. The third-order valence-corrected chi connectivity index (χ3v) is 8.35. The van der Waals surface area contributed by atoms with E-state index in [2.05, 4.69) is 45.9 Å². The van der Waals surface area contributed by atoms with Crippen molar-refractivity contribution in [1.82, 2.24) is 10.2 Å². The summed E-state index contributed by atoms with van der Waals surface area (Å²) in [6.07, 6.45) is 2.47. The van der Waals surface area contributed by atoms with E-state index >= 15 is 0 Å². The van der Waals surface area contributed by atoms with Gasteiger partial charge in [-0.15, -0.1) is 0 Å². The molecule has 154 valence electrons. The first-order chi connectivity index (χ1) is 14.3. The molecule has 5 heteroatoms. The summed E-state index contributed by atoms with van der Waals surface area (Å²) in [4.78, 5) is 15.3. The fourth-order valence-electron chi connectivity index (χ4n) is 4.19. The van der Waals surface area contributed by atoms with Crippen molar-refractivity contribution in [3.63, 3.8) is 0 Å². The number of piperidine rings is 1. The second-order valence-corrected chi connectivity index (χ2v) is 10.3. The molecule has 0 spiro atoms. The van der Waals surface area contributed by atoms with E-state index in [0.29, 0.717) is 12.0 Å². The summed E-state index contributed by atoms with van der Waals surface area (Å²) >= 11 is 4.20. The maximum absolute atomic E-state index is 12.6. The summed E-state index contributed by atoms with van der Waals surface area (Å²) in [5.41, 5.74) is 3.06. The highest BCUT2D eigenvalue weighted by Gasteiger charge is 2.27. The van der Waals surface area contributed by atoms with Gasteiger partial charge in [0, 0.05) is 47.7 Å². The number of hydrogen-bond donors (Lipinski definition) is 1. The van der Waals surface area contributed by atoms with Gasteiger partial charge < -0.3 is 5.32 Å². The molecule has 0 radical (unpaired) electrons. The Kier molecular flexibility index (Phi) is 7.58. The molecule has 0 aliphatic carbocycles. The number of carbonyl (C=O) groups excluding carboxylic acids is 1. The molecule has 2 aliphatic rings. The monoisotopic (exact) mass is 426 g/mol. The average Bonchev–Trinajstić information content (AvgIpc) is 3.08. The molecule has 2 heterocycles. The van der Waals surface area contributed by atoms with Gasteiger partial charge in [0.2, 0.25) is 0 Å². The lowest BCUT2D eigenvalue weighted by Gasteiger charge is -2.37. The predicted molar refractivity (Wildman–Crippen MR) is 127 cm³/mol. The molecule has 2 aromatic carbocycles. The van der Waals surface area contributed by atoms with E-state index in [9.17, 15) is 4.79 Å². The SMILES string of the molecule is O=C(NCC1CCCN(C2CSCCSC2)C1)c1ccc(-c2ccccc2)cc1. The first-order valence-corrected chi connectivity index (χ1v) is 12.9. The largest absolute Gasteiger partial charge is 0.352 e. The summed E-state index contributed by atoms with van der Waals surface area (Å²) in [5, 5.41) is 3.19. The molecule has 1 amide bonds. The van der Waals surface area contributed by atoms with Crippen molar-refractivity contribution in [2.24, 2.45) is 5.92 Å². The van der Waals surface area contributed by atoms with Crippen molar-refractivity contribution >= 4 is 29.4 Å². The van der Waals surface area contributed by atoms with Crippen LogP contribution in [0, 0.1) is 5.92 Å². The zero-order valence-corrected chi connectivity index (χ0v) is 18.5. The van der Waals surface area contributed by atoms with E-state index in [0.717, 1.165) is 24.2 Å². The molecule has 4 rings (SSSR count). The van der Waals surface area contributed by atoms with Gasteiger partial charge in [-0.2, -0.15) is 23.5 Å². The molecule has 0 saturated carbocycles. The van der Waals surface area contributed by atoms with Crippen molar-refractivity contribution in [1.29, 1.82) is 0 Å². The topological polar surface area (TPSA) is 32.3 Å². The van der Waals surface area contributed by atoms with Crippen LogP contribution in [0.2, 0.25) is 0 Å². The third-order valence-electron chi connectivity index (χ3n) is 5.86. The van der Waals surface area contributed by atoms with Gasteiger partial charge in [0.15, 0.2) is 0 Å².